The molecule has 4 heteroatoms. The van der Waals surface area contributed by atoms with E-state index in [0.717, 1.165) is 22.4 Å². The summed E-state index contributed by atoms with van der Waals surface area (Å²) in [7, 11) is 1.63. The fraction of sp³-hybridized carbons (Fsp3) is 0.167. The van der Waals surface area contributed by atoms with Crippen LogP contribution in [0.25, 0.3) is 10.9 Å². The minimum Gasteiger partial charge on any atom is -0.493 e. The van der Waals surface area contributed by atoms with Crippen molar-refractivity contribution in [2.24, 2.45) is 0 Å². The van der Waals surface area contributed by atoms with Crippen LogP contribution in [-0.4, -0.2) is 18.3 Å². The Kier molecular flexibility index (Phi) is 3.97. The van der Waals surface area contributed by atoms with Gasteiger partial charge in [0.25, 0.3) is 0 Å². The first-order chi connectivity index (χ1) is 10.8. The lowest BCUT2D eigenvalue weighted by molar-refractivity contribution is 0.281. The van der Waals surface area contributed by atoms with Crippen LogP contribution < -0.4 is 9.47 Å². The van der Waals surface area contributed by atoms with Gasteiger partial charge in [0.2, 0.25) is 0 Å². The first kappa shape index (κ1) is 14.0. The van der Waals surface area contributed by atoms with E-state index in [4.69, 9.17) is 14.7 Å². The molecule has 4 nitrogen and oxygen atoms in total. The van der Waals surface area contributed by atoms with Crippen molar-refractivity contribution in [3.05, 3.63) is 60.3 Å². The molecule has 0 saturated carbocycles. The molecule has 110 valence electrons. The third-order valence-corrected chi connectivity index (χ3v) is 3.56. The number of hydrogen-bond acceptors (Lipinski definition) is 3. The van der Waals surface area contributed by atoms with E-state index >= 15 is 0 Å². The van der Waals surface area contributed by atoms with Crippen LogP contribution in [-0.2, 0) is 6.54 Å². The van der Waals surface area contributed by atoms with Crippen LogP contribution in [0.4, 0.5) is 0 Å². The smallest absolute Gasteiger partial charge is 0.161 e. The summed E-state index contributed by atoms with van der Waals surface area (Å²) in [6, 6.07) is 17.5. The Hall–Kier alpha value is -2.93. The van der Waals surface area contributed by atoms with E-state index in [-0.39, 0.29) is 0 Å². The molecule has 2 aromatic carbocycles. The minimum atomic E-state index is 0.529. The molecule has 3 aromatic rings. The highest BCUT2D eigenvalue weighted by Gasteiger charge is 2.05. The summed E-state index contributed by atoms with van der Waals surface area (Å²) < 4.78 is 13.2. The molecule has 0 unspecified atom stereocenters. The maximum atomic E-state index is 9.01. The van der Waals surface area contributed by atoms with Crippen LogP contribution in [0.5, 0.6) is 11.5 Å². The van der Waals surface area contributed by atoms with Gasteiger partial charge in [-0.2, -0.15) is 5.26 Å². The number of benzene rings is 2. The molecular formula is C18H16N2O2. The van der Waals surface area contributed by atoms with Crippen molar-refractivity contribution in [1.82, 2.24) is 4.57 Å². The zero-order chi connectivity index (χ0) is 15.4. The van der Waals surface area contributed by atoms with Crippen molar-refractivity contribution in [3.63, 3.8) is 0 Å². The van der Waals surface area contributed by atoms with Gasteiger partial charge in [0.15, 0.2) is 11.5 Å². The number of nitriles is 1. The number of methoxy groups -OCH3 is 1. The Morgan fingerprint density at radius 3 is 2.68 bits per heavy atom. The predicted octanol–water partition coefficient (Wildman–Crippen LogP) is 3.60. The second-order valence-electron chi connectivity index (χ2n) is 4.89. The number of fused-ring (bicyclic) bond motifs is 1. The van der Waals surface area contributed by atoms with Gasteiger partial charge in [0.05, 0.1) is 25.3 Å². The molecule has 0 fully saturated rings. The summed E-state index contributed by atoms with van der Waals surface area (Å²) in [5.41, 5.74) is 1.71. The SMILES string of the molecule is COc1ccccc1OCCn1ccc2ccc(C#N)cc21. The normalized spacial score (nSPS) is 10.4. The molecular weight excluding hydrogens is 276 g/mol. The van der Waals surface area contributed by atoms with Crippen molar-refractivity contribution in [3.8, 4) is 17.6 Å². The summed E-state index contributed by atoms with van der Waals surface area (Å²) in [5, 5.41) is 10.1. The first-order valence-electron chi connectivity index (χ1n) is 7.06. The van der Waals surface area contributed by atoms with E-state index in [0.29, 0.717) is 18.7 Å². The average molecular weight is 292 g/mol. The molecule has 22 heavy (non-hydrogen) atoms. The second kappa shape index (κ2) is 6.23. The number of nitrogens with zero attached hydrogens (tertiary/aromatic N) is 2. The summed E-state index contributed by atoms with van der Waals surface area (Å²) in [4.78, 5) is 0. The monoisotopic (exact) mass is 292 g/mol. The Bertz CT molecular complexity index is 830. The molecule has 0 bridgehead atoms. The molecule has 0 aliphatic heterocycles. The van der Waals surface area contributed by atoms with E-state index in [2.05, 4.69) is 10.6 Å². The van der Waals surface area contributed by atoms with Gasteiger partial charge in [-0.25, -0.2) is 0 Å². The van der Waals surface area contributed by atoms with E-state index in [1.807, 2.05) is 54.7 Å². The number of hydrogen-bond donors (Lipinski definition) is 0. The molecule has 0 spiro atoms. The standard InChI is InChI=1S/C18H16N2O2/c1-21-17-4-2-3-5-18(17)22-11-10-20-9-8-15-7-6-14(13-19)12-16(15)20/h2-9,12H,10-11H2,1H3. The maximum Gasteiger partial charge on any atom is 0.161 e. The lowest BCUT2D eigenvalue weighted by Crippen LogP contribution is -2.07. The third kappa shape index (κ3) is 2.75. The Morgan fingerprint density at radius 2 is 1.91 bits per heavy atom. The lowest BCUT2D eigenvalue weighted by atomic mass is 10.2. The molecule has 3 rings (SSSR count). The first-order valence-corrected chi connectivity index (χ1v) is 7.06. The van der Waals surface area contributed by atoms with Crippen molar-refractivity contribution in [1.29, 1.82) is 5.26 Å². The highest BCUT2D eigenvalue weighted by Crippen LogP contribution is 2.26. The molecule has 0 amide bonds. The summed E-state index contributed by atoms with van der Waals surface area (Å²) in [5.74, 6) is 1.46. The van der Waals surface area contributed by atoms with Crippen LogP contribution in [0.1, 0.15) is 5.56 Å². The molecule has 0 N–H and O–H groups in total. The lowest BCUT2D eigenvalue weighted by Gasteiger charge is -2.11. The van der Waals surface area contributed by atoms with Gasteiger partial charge >= 0.3 is 0 Å². The van der Waals surface area contributed by atoms with Crippen LogP contribution in [0, 0.1) is 11.3 Å². The van der Waals surface area contributed by atoms with Gasteiger partial charge < -0.3 is 14.0 Å². The van der Waals surface area contributed by atoms with Crippen molar-refractivity contribution >= 4 is 10.9 Å². The molecule has 0 atom stereocenters. The minimum absolute atomic E-state index is 0.529. The van der Waals surface area contributed by atoms with E-state index in [1.54, 1.807) is 7.11 Å². The molecule has 0 aliphatic rings. The number of rotatable bonds is 5. The fourth-order valence-corrected chi connectivity index (χ4v) is 2.44. The summed E-state index contributed by atoms with van der Waals surface area (Å²) in [6.45, 7) is 1.23. The van der Waals surface area contributed by atoms with Gasteiger partial charge in [0, 0.05) is 11.7 Å². The van der Waals surface area contributed by atoms with Gasteiger partial charge in [0.1, 0.15) is 6.61 Å². The van der Waals surface area contributed by atoms with Crippen molar-refractivity contribution in [2.45, 2.75) is 6.54 Å². The van der Waals surface area contributed by atoms with E-state index in [9.17, 15) is 0 Å². The second-order valence-corrected chi connectivity index (χ2v) is 4.89. The van der Waals surface area contributed by atoms with Crippen molar-refractivity contribution < 1.29 is 9.47 Å². The molecule has 1 aromatic heterocycles. The third-order valence-electron chi connectivity index (χ3n) is 3.56. The fourth-order valence-electron chi connectivity index (χ4n) is 2.44. The highest BCUT2D eigenvalue weighted by atomic mass is 16.5. The van der Waals surface area contributed by atoms with Gasteiger partial charge in [-0.1, -0.05) is 18.2 Å². The van der Waals surface area contributed by atoms with Crippen LogP contribution in [0.3, 0.4) is 0 Å². The quantitative estimate of drug-likeness (QED) is 0.722. The summed E-state index contributed by atoms with van der Waals surface area (Å²) in [6.07, 6.45) is 2.01. The number of ether oxygens (including phenoxy) is 2. The zero-order valence-electron chi connectivity index (χ0n) is 12.3. The maximum absolute atomic E-state index is 9.01. The van der Waals surface area contributed by atoms with Crippen molar-refractivity contribution in [2.75, 3.05) is 13.7 Å². The van der Waals surface area contributed by atoms with Gasteiger partial charge in [-0.15, -0.1) is 0 Å². The molecule has 0 radical (unpaired) electrons. The van der Waals surface area contributed by atoms with Gasteiger partial charge in [-0.05, 0) is 35.7 Å². The van der Waals surface area contributed by atoms with Crippen LogP contribution in [0.2, 0.25) is 0 Å². The molecule has 0 saturated heterocycles. The number of para-hydroxylation sites is 2. The Morgan fingerprint density at radius 1 is 1.09 bits per heavy atom. The largest absolute Gasteiger partial charge is 0.493 e. The Balaban J connectivity index is 1.73. The molecule has 0 aliphatic carbocycles. The average Bonchev–Trinajstić information content (AvgIpc) is 2.97. The van der Waals surface area contributed by atoms with Crippen LogP contribution in [0.15, 0.2) is 54.7 Å². The topological polar surface area (TPSA) is 47.2 Å². The molecule has 1 heterocycles. The van der Waals surface area contributed by atoms with E-state index in [1.165, 1.54) is 0 Å². The number of aromatic nitrogens is 1. The van der Waals surface area contributed by atoms with Gasteiger partial charge in [-0.3, -0.25) is 0 Å². The Labute approximate surface area is 129 Å². The zero-order valence-corrected chi connectivity index (χ0v) is 12.3. The highest BCUT2D eigenvalue weighted by molar-refractivity contribution is 5.81. The summed E-state index contributed by atoms with van der Waals surface area (Å²) >= 11 is 0. The predicted molar refractivity (Wildman–Crippen MR) is 85.1 cm³/mol. The van der Waals surface area contributed by atoms with E-state index < -0.39 is 0 Å². The van der Waals surface area contributed by atoms with Crippen LogP contribution >= 0.6 is 0 Å².